The molecule has 0 aliphatic carbocycles. The summed E-state index contributed by atoms with van der Waals surface area (Å²) in [6.07, 6.45) is 2.26. The summed E-state index contributed by atoms with van der Waals surface area (Å²) in [5, 5.41) is 0. The third-order valence-electron chi connectivity index (χ3n) is 3.19. The lowest BCUT2D eigenvalue weighted by Crippen LogP contribution is -2.48. The molecular weight excluding hydrogens is 338 g/mol. The average Bonchev–Trinajstić information content (AvgIpc) is 2.48. The van der Waals surface area contributed by atoms with Crippen LogP contribution in [0.1, 0.15) is 29.6 Å². The molecule has 0 bridgehead atoms. The Morgan fingerprint density at radius 3 is 2.67 bits per heavy atom. The van der Waals surface area contributed by atoms with Crippen LogP contribution in [-0.4, -0.2) is 35.7 Å². The van der Waals surface area contributed by atoms with Crippen LogP contribution in [0, 0.1) is 0 Å². The minimum atomic E-state index is -0.416. The van der Waals surface area contributed by atoms with Gasteiger partial charge in [-0.1, -0.05) is 12.1 Å². The monoisotopic (exact) mass is 353 g/mol. The lowest BCUT2D eigenvalue weighted by molar-refractivity contribution is -0.138. The molecule has 0 spiro atoms. The molecule has 1 aliphatic rings. The molecule has 1 fully saturated rings. The number of nitrogens with zero attached hydrogens (tertiary/aromatic N) is 1. The molecule has 1 aromatic rings. The van der Waals surface area contributed by atoms with Gasteiger partial charge >= 0.3 is 0 Å². The van der Waals surface area contributed by atoms with Crippen LogP contribution < -0.4 is 10.9 Å². The Bertz CT molecular complexity index is 562. The molecule has 0 radical (unpaired) electrons. The zero-order valence-electron chi connectivity index (χ0n) is 11.4. The molecule has 3 amide bonds. The number of piperidine rings is 1. The molecule has 1 aliphatic heterocycles. The maximum Gasteiger partial charge on any atom is 0.270 e. The van der Waals surface area contributed by atoms with Gasteiger partial charge in [0, 0.05) is 17.4 Å². The number of hydrogen-bond acceptors (Lipinski definition) is 3. The van der Waals surface area contributed by atoms with Crippen LogP contribution in [-0.2, 0) is 9.59 Å². The fraction of sp³-hybridized carbons (Fsp3) is 0.357. The first kappa shape index (κ1) is 15.5. The zero-order valence-corrected chi connectivity index (χ0v) is 13.0. The van der Waals surface area contributed by atoms with Crippen LogP contribution in [0.25, 0.3) is 0 Å². The SMILES string of the molecule is O=C(CN1CCCCC1=O)NNC(=O)c1ccccc1Br. The van der Waals surface area contributed by atoms with Crippen molar-refractivity contribution in [2.75, 3.05) is 13.1 Å². The predicted octanol–water partition coefficient (Wildman–Crippen LogP) is 1.22. The molecule has 0 atom stereocenters. The second-order valence-electron chi connectivity index (χ2n) is 4.75. The normalized spacial score (nSPS) is 14.7. The molecule has 2 rings (SSSR count). The summed E-state index contributed by atoms with van der Waals surface area (Å²) in [5.74, 6) is -0.847. The minimum Gasteiger partial charge on any atom is -0.333 e. The Balaban J connectivity index is 1.82. The van der Waals surface area contributed by atoms with Crippen LogP contribution in [0.5, 0.6) is 0 Å². The topological polar surface area (TPSA) is 78.5 Å². The molecule has 2 N–H and O–H groups in total. The highest BCUT2D eigenvalue weighted by molar-refractivity contribution is 9.10. The van der Waals surface area contributed by atoms with E-state index < -0.39 is 11.8 Å². The van der Waals surface area contributed by atoms with Crippen molar-refractivity contribution in [1.29, 1.82) is 0 Å². The van der Waals surface area contributed by atoms with Crippen molar-refractivity contribution >= 4 is 33.7 Å². The maximum atomic E-state index is 11.9. The largest absolute Gasteiger partial charge is 0.333 e. The number of likely N-dealkylation sites (tertiary alicyclic amines) is 1. The summed E-state index contributed by atoms with van der Waals surface area (Å²) in [5.41, 5.74) is 5.08. The summed E-state index contributed by atoms with van der Waals surface area (Å²) in [6, 6.07) is 6.90. The first-order valence-electron chi connectivity index (χ1n) is 6.69. The molecule has 6 nitrogen and oxygen atoms in total. The molecule has 0 saturated carbocycles. The van der Waals surface area contributed by atoms with E-state index in [1.54, 1.807) is 24.3 Å². The molecule has 1 heterocycles. The highest BCUT2D eigenvalue weighted by Crippen LogP contribution is 2.15. The predicted molar refractivity (Wildman–Crippen MR) is 80.2 cm³/mol. The molecule has 0 aromatic heterocycles. The van der Waals surface area contributed by atoms with Gasteiger partial charge in [-0.2, -0.15) is 0 Å². The highest BCUT2D eigenvalue weighted by Gasteiger charge is 2.20. The number of nitrogens with one attached hydrogen (secondary N) is 2. The van der Waals surface area contributed by atoms with Crippen LogP contribution in [0.15, 0.2) is 28.7 Å². The fourth-order valence-corrected chi connectivity index (χ4v) is 2.55. The van der Waals surface area contributed by atoms with E-state index in [0.717, 1.165) is 12.8 Å². The van der Waals surface area contributed by atoms with Crippen molar-refractivity contribution in [2.45, 2.75) is 19.3 Å². The molecule has 0 unspecified atom stereocenters. The minimum absolute atomic E-state index is 0.0199. The molecule has 112 valence electrons. The first-order chi connectivity index (χ1) is 10.1. The summed E-state index contributed by atoms with van der Waals surface area (Å²) in [6.45, 7) is 0.555. The van der Waals surface area contributed by atoms with E-state index in [4.69, 9.17) is 0 Å². The third-order valence-corrected chi connectivity index (χ3v) is 3.88. The lowest BCUT2D eigenvalue weighted by Gasteiger charge is -2.25. The van der Waals surface area contributed by atoms with E-state index >= 15 is 0 Å². The summed E-state index contributed by atoms with van der Waals surface area (Å²) < 4.78 is 0.642. The van der Waals surface area contributed by atoms with E-state index in [-0.39, 0.29) is 12.5 Å². The van der Waals surface area contributed by atoms with Gasteiger partial charge in [0.25, 0.3) is 11.8 Å². The lowest BCUT2D eigenvalue weighted by atomic mass is 10.1. The van der Waals surface area contributed by atoms with Gasteiger partial charge in [-0.3, -0.25) is 25.2 Å². The number of hydrazine groups is 1. The van der Waals surface area contributed by atoms with Gasteiger partial charge in [0.15, 0.2) is 0 Å². The van der Waals surface area contributed by atoms with Crippen molar-refractivity contribution in [3.05, 3.63) is 34.3 Å². The highest BCUT2D eigenvalue weighted by atomic mass is 79.9. The van der Waals surface area contributed by atoms with Gasteiger partial charge in [0.05, 0.1) is 5.56 Å². The molecular formula is C14H16BrN3O3. The van der Waals surface area contributed by atoms with Crippen LogP contribution in [0.3, 0.4) is 0 Å². The fourth-order valence-electron chi connectivity index (χ4n) is 2.08. The van der Waals surface area contributed by atoms with Crippen molar-refractivity contribution < 1.29 is 14.4 Å². The number of benzene rings is 1. The second-order valence-corrected chi connectivity index (χ2v) is 5.61. The Labute approximate surface area is 131 Å². The van der Waals surface area contributed by atoms with Crippen LogP contribution in [0.2, 0.25) is 0 Å². The van der Waals surface area contributed by atoms with Gasteiger partial charge in [-0.15, -0.1) is 0 Å². The average molecular weight is 354 g/mol. The Hall–Kier alpha value is -1.89. The van der Waals surface area contributed by atoms with Crippen molar-refractivity contribution in [3.63, 3.8) is 0 Å². The Morgan fingerprint density at radius 2 is 1.95 bits per heavy atom. The Kier molecular flexibility index (Phi) is 5.32. The van der Waals surface area contributed by atoms with Gasteiger partial charge in [-0.05, 0) is 40.9 Å². The number of hydrogen-bond donors (Lipinski definition) is 2. The first-order valence-corrected chi connectivity index (χ1v) is 7.48. The maximum absolute atomic E-state index is 11.9. The van der Waals surface area contributed by atoms with Gasteiger partial charge in [0.2, 0.25) is 5.91 Å². The van der Waals surface area contributed by atoms with Crippen molar-refractivity contribution in [1.82, 2.24) is 15.8 Å². The van der Waals surface area contributed by atoms with Crippen LogP contribution >= 0.6 is 15.9 Å². The Morgan fingerprint density at radius 1 is 1.19 bits per heavy atom. The molecule has 21 heavy (non-hydrogen) atoms. The van der Waals surface area contributed by atoms with Crippen LogP contribution in [0.4, 0.5) is 0 Å². The molecule has 1 saturated heterocycles. The molecule has 7 heteroatoms. The number of carbonyl (C=O) groups excluding carboxylic acids is 3. The summed E-state index contributed by atoms with van der Waals surface area (Å²) in [4.78, 5) is 36.7. The van der Waals surface area contributed by atoms with Gasteiger partial charge < -0.3 is 4.90 Å². The van der Waals surface area contributed by atoms with Gasteiger partial charge in [-0.25, -0.2) is 0 Å². The van der Waals surface area contributed by atoms with E-state index in [1.807, 2.05) is 0 Å². The van der Waals surface area contributed by atoms with E-state index in [2.05, 4.69) is 26.8 Å². The smallest absolute Gasteiger partial charge is 0.270 e. The van der Waals surface area contributed by atoms with E-state index in [0.29, 0.717) is 23.0 Å². The van der Waals surface area contributed by atoms with Crippen molar-refractivity contribution in [3.8, 4) is 0 Å². The number of rotatable bonds is 3. The number of halogens is 1. The standard InChI is InChI=1S/C14H16BrN3O3/c15-11-6-2-1-5-10(11)14(21)17-16-12(19)9-18-8-4-3-7-13(18)20/h1-2,5-6H,3-4,7-9H2,(H,16,19)(H,17,21). The molecule has 1 aromatic carbocycles. The summed E-state index contributed by atoms with van der Waals surface area (Å²) in [7, 11) is 0. The quantitative estimate of drug-likeness (QED) is 0.802. The third kappa shape index (κ3) is 4.29. The second kappa shape index (κ2) is 7.21. The van der Waals surface area contributed by atoms with E-state index in [9.17, 15) is 14.4 Å². The van der Waals surface area contributed by atoms with E-state index in [1.165, 1.54) is 4.90 Å². The number of amides is 3. The van der Waals surface area contributed by atoms with Gasteiger partial charge in [0.1, 0.15) is 6.54 Å². The summed E-state index contributed by atoms with van der Waals surface area (Å²) >= 11 is 3.26. The van der Waals surface area contributed by atoms with Crippen molar-refractivity contribution in [2.24, 2.45) is 0 Å². The zero-order chi connectivity index (χ0) is 15.2. The number of carbonyl (C=O) groups is 3.